The first-order chi connectivity index (χ1) is 8.03. The summed E-state index contributed by atoms with van der Waals surface area (Å²) >= 11 is 0. The molecule has 2 nitrogen and oxygen atoms in total. The van der Waals surface area contributed by atoms with Crippen LogP contribution in [0, 0.1) is 5.92 Å². The lowest BCUT2D eigenvalue weighted by molar-refractivity contribution is -0.174. The molecule has 1 unspecified atom stereocenters. The molecule has 0 heterocycles. The summed E-state index contributed by atoms with van der Waals surface area (Å²) in [4.78, 5) is 0. The second-order valence-electron chi connectivity index (χ2n) is 4.67. The highest BCUT2D eigenvalue weighted by Gasteiger charge is 2.28. The quantitative estimate of drug-likeness (QED) is 0.704. The second kappa shape index (κ2) is 7.21. The maximum absolute atomic E-state index is 11.9. The highest BCUT2D eigenvalue weighted by Crippen LogP contribution is 2.29. The van der Waals surface area contributed by atoms with Gasteiger partial charge in [0.1, 0.15) is 6.61 Å². The predicted octanol–water partition coefficient (Wildman–Crippen LogP) is 3.12. The van der Waals surface area contributed by atoms with Gasteiger partial charge in [-0.05, 0) is 31.7 Å². The lowest BCUT2D eigenvalue weighted by Crippen LogP contribution is -2.36. The Balaban J connectivity index is 2.20. The summed E-state index contributed by atoms with van der Waals surface area (Å²) in [5, 5.41) is 3.36. The zero-order chi connectivity index (χ0) is 12.7. The monoisotopic (exact) mass is 253 g/mol. The van der Waals surface area contributed by atoms with Gasteiger partial charge in [0.05, 0.1) is 0 Å². The van der Waals surface area contributed by atoms with E-state index in [-0.39, 0.29) is 6.61 Å². The van der Waals surface area contributed by atoms with Gasteiger partial charge in [0.15, 0.2) is 0 Å². The molecule has 5 heteroatoms. The Morgan fingerprint density at radius 2 is 1.94 bits per heavy atom. The van der Waals surface area contributed by atoms with Gasteiger partial charge in [-0.1, -0.05) is 19.8 Å². The molecule has 1 fully saturated rings. The molecule has 0 aromatic carbocycles. The van der Waals surface area contributed by atoms with E-state index >= 15 is 0 Å². The number of alkyl halides is 3. The van der Waals surface area contributed by atoms with E-state index in [9.17, 15) is 13.2 Å². The third kappa shape index (κ3) is 6.27. The fourth-order valence-electron chi connectivity index (χ4n) is 2.52. The second-order valence-corrected chi connectivity index (χ2v) is 4.67. The third-order valence-corrected chi connectivity index (χ3v) is 3.27. The minimum atomic E-state index is -4.21. The molecule has 1 aliphatic carbocycles. The number of ether oxygens (including phenoxy) is 1. The molecule has 1 N–H and O–H groups in total. The average Bonchev–Trinajstić information content (AvgIpc) is 2.74. The molecule has 1 saturated carbocycles. The minimum Gasteiger partial charge on any atom is -0.372 e. The number of nitrogens with one attached hydrogen (secondary N) is 1. The van der Waals surface area contributed by atoms with Gasteiger partial charge < -0.3 is 10.1 Å². The van der Waals surface area contributed by atoms with Gasteiger partial charge in [-0.25, -0.2) is 0 Å². The molecule has 0 radical (unpaired) electrons. The van der Waals surface area contributed by atoms with E-state index in [0.29, 0.717) is 18.4 Å². The molecule has 1 aliphatic rings. The van der Waals surface area contributed by atoms with Crippen molar-refractivity contribution in [1.29, 1.82) is 0 Å². The fraction of sp³-hybridized carbons (Fsp3) is 1.00. The largest absolute Gasteiger partial charge is 0.411 e. The highest BCUT2D eigenvalue weighted by molar-refractivity contribution is 4.80. The van der Waals surface area contributed by atoms with Gasteiger partial charge in [-0.15, -0.1) is 0 Å². The zero-order valence-corrected chi connectivity index (χ0v) is 10.4. The summed E-state index contributed by atoms with van der Waals surface area (Å²) in [7, 11) is 0. The molecule has 0 spiro atoms. The van der Waals surface area contributed by atoms with Crippen LogP contribution < -0.4 is 5.32 Å². The minimum absolute atomic E-state index is 0.188. The van der Waals surface area contributed by atoms with Crippen molar-refractivity contribution in [3.63, 3.8) is 0 Å². The molecule has 17 heavy (non-hydrogen) atoms. The number of halogens is 3. The van der Waals surface area contributed by atoms with Crippen LogP contribution in [0.4, 0.5) is 13.2 Å². The lowest BCUT2D eigenvalue weighted by atomic mass is 9.95. The SMILES string of the molecule is CCNC(CCOCC(F)(F)F)C1CCCC1. The molecule has 0 saturated heterocycles. The molecule has 0 aliphatic heterocycles. The van der Waals surface area contributed by atoms with Gasteiger partial charge in [-0.3, -0.25) is 0 Å². The van der Waals surface area contributed by atoms with E-state index in [4.69, 9.17) is 0 Å². The van der Waals surface area contributed by atoms with Crippen LogP contribution in [0.5, 0.6) is 0 Å². The van der Waals surface area contributed by atoms with E-state index in [0.717, 1.165) is 6.54 Å². The van der Waals surface area contributed by atoms with E-state index in [1.807, 2.05) is 6.92 Å². The van der Waals surface area contributed by atoms with Crippen LogP contribution in [0.3, 0.4) is 0 Å². The molecule has 0 aromatic heterocycles. The van der Waals surface area contributed by atoms with E-state index in [2.05, 4.69) is 10.1 Å². The summed E-state index contributed by atoms with van der Waals surface area (Å²) in [6.45, 7) is 1.95. The van der Waals surface area contributed by atoms with Crippen molar-refractivity contribution in [1.82, 2.24) is 5.32 Å². The van der Waals surface area contributed by atoms with Crippen LogP contribution in [0.2, 0.25) is 0 Å². The van der Waals surface area contributed by atoms with E-state index in [1.165, 1.54) is 25.7 Å². The molecular formula is C12H22F3NO. The summed E-state index contributed by atoms with van der Waals surface area (Å²) in [6, 6.07) is 0.315. The van der Waals surface area contributed by atoms with Gasteiger partial charge >= 0.3 is 6.18 Å². The fourth-order valence-corrected chi connectivity index (χ4v) is 2.52. The van der Waals surface area contributed by atoms with Gasteiger partial charge in [0, 0.05) is 12.6 Å². The molecule has 0 amide bonds. The van der Waals surface area contributed by atoms with Gasteiger partial charge in [-0.2, -0.15) is 13.2 Å². The maximum atomic E-state index is 11.9. The Morgan fingerprint density at radius 1 is 1.29 bits per heavy atom. The summed E-state index contributed by atoms with van der Waals surface area (Å²) < 4.78 is 40.3. The van der Waals surface area contributed by atoms with Crippen molar-refractivity contribution in [3.05, 3.63) is 0 Å². The normalized spacial score (nSPS) is 19.8. The maximum Gasteiger partial charge on any atom is 0.411 e. The van der Waals surface area contributed by atoms with Crippen molar-refractivity contribution in [2.45, 2.75) is 51.2 Å². The Labute approximate surface area is 101 Å². The molecule has 1 rings (SSSR count). The van der Waals surface area contributed by atoms with Crippen LogP contribution in [-0.2, 0) is 4.74 Å². The Bertz CT molecular complexity index is 202. The highest BCUT2D eigenvalue weighted by atomic mass is 19.4. The Kier molecular flexibility index (Phi) is 6.27. The topological polar surface area (TPSA) is 21.3 Å². The molecular weight excluding hydrogens is 231 g/mol. The van der Waals surface area contributed by atoms with E-state index in [1.54, 1.807) is 0 Å². The van der Waals surface area contributed by atoms with Crippen LogP contribution in [0.1, 0.15) is 39.0 Å². The zero-order valence-electron chi connectivity index (χ0n) is 10.4. The predicted molar refractivity (Wildman–Crippen MR) is 60.9 cm³/mol. The Morgan fingerprint density at radius 3 is 2.47 bits per heavy atom. The number of hydrogen-bond acceptors (Lipinski definition) is 2. The molecule has 102 valence electrons. The van der Waals surface area contributed by atoms with Crippen LogP contribution in [0.15, 0.2) is 0 Å². The van der Waals surface area contributed by atoms with Crippen LogP contribution >= 0.6 is 0 Å². The summed E-state index contributed by atoms with van der Waals surface area (Å²) in [5.41, 5.74) is 0. The lowest BCUT2D eigenvalue weighted by Gasteiger charge is -2.24. The number of rotatable bonds is 7. The first kappa shape index (κ1) is 14.8. The standard InChI is InChI=1S/C12H22F3NO/c1-2-16-11(10-5-3-4-6-10)7-8-17-9-12(13,14)15/h10-11,16H,2-9H2,1H3. The van der Waals surface area contributed by atoms with Crippen molar-refractivity contribution >= 4 is 0 Å². The van der Waals surface area contributed by atoms with Crippen LogP contribution in [0.25, 0.3) is 0 Å². The average molecular weight is 253 g/mol. The third-order valence-electron chi connectivity index (χ3n) is 3.27. The van der Waals surface area contributed by atoms with Crippen LogP contribution in [-0.4, -0.2) is 32.0 Å². The van der Waals surface area contributed by atoms with Crippen molar-refractivity contribution in [2.75, 3.05) is 19.8 Å². The van der Waals surface area contributed by atoms with Gasteiger partial charge in [0.2, 0.25) is 0 Å². The smallest absolute Gasteiger partial charge is 0.372 e. The van der Waals surface area contributed by atoms with Crippen molar-refractivity contribution in [2.24, 2.45) is 5.92 Å². The number of hydrogen-bond donors (Lipinski definition) is 1. The van der Waals surface area contributed by atoms with Crippen molar-refractivity contribution < 1.29 is 17.9 Å². The molecule has 1 atom stereocenters. The van der Waals surface area contributed by atoms with Crippen molar-refractivity contribution in [3.8, 4) is 0 Å². The Hall–Kier alpha value is -0.290. The molecule has 0 bridgehead atoms. The molecule has 0 aromatic rings. The van der Waals surface area contributed by atoms with E-state index < -0.39 is 12.8 Å². The van der Waals surface area contributed by atoms with Gasteiger partial charge in [0.25, 0.3) is 0 Å². The first-order valence-electron chi connectivity index (χ1n) is 6.41. The summed E-state index contributed by atoms with van der Waals surface area (Å²) in [6.07, 6.45) is 1.34. The summed E-state index contributed by atoms with van der Waals surface area (Å²) in [5.74, 6) is 0.615. The first-order valence-corrected chi connectivity index (χ1v) is 6.41.